The maximum atomic E-state index is 10.9. The van der Waals surface area contributed by atoms with E-state index in [2.05, 4.69) is 5.32 Å². The van der Waals surface area contributed by atoms with Gasteiger partial charge in [-0.3, -0.25) is 4.79 Å². The Hall–Kier alpha value is -1.35. The maximum Gasteiger partial charge on any atom is 0.231 e. The maximum absolute atomic E-state index is 10.9. The van der Waals surface area contributed by atoms with Crippen LogP contribution in [0.2, 0.25) is 5.02 Å². The summed E-state index contributed by atoms with van der Waals surface area (Å²) in [7, 11) is 0. The molecule has 0 heterocycles. The smallest absolute Gasteiger partial charge is 0.231 e. The van der Waals surface area contributed by atoms with Gasteiger partial charge in [0.05, 0.1) is 6.42 Å². The second-order valence-electron chi connectivity index (χ2n) is 2.43. The molecule has 0 fully saturated rings. The van der Waals surface area contributed by atoms with E-state index >= 15 is 0 Å². The van der Waals surface area contributed by atoms with Crippen molar-refractivity contribution in [1.29, 1.82) is 0 Å². The minimum atomic E-state index is -0.336. The van der Waals surface area contributed by atoms with Gasteiger partial charge in [0.25, 0.3) is 0 Å². The van der Waals surface area contributed by atoms with Crippen LogP contribution in [0.25, 0.3) is 0 Å². The van der Waals surface area contributed by atoms with Crippen molar-refractivity contribution in [3.05, 3.63) is 29.3 Å². The van der Waals surface area contributed by atoms with Crippen molar-refractivity contribution < 1.29 is 9.59 Å². The third-order valence-electron chi connectivity index (χ3n) is 1.38. The quantitative estimate of drug-likeness (QED) is 0.594. The zero-order chi connectivity index (χ0) is 9.68. The van der Waals surface area contributed by atoms with E-state index in [4.69, 9.17) is 11.6 Å². The number of carbonyl (C=O) groups is 2. The van der Waals surface area contributed by atoms with E-state index in [1.54, 1.807) is 24.3 Å². The average molecular weight is 198 g/mol. The molecule has 0 aliphatic carbocycles. The lowest BCUT2D eigenvalue weighted by molar-refractivity contribution is -0.119. The summed E-state index contributed by atoms with van der Waals surface area (Å²) in [4.78, 5) is 20.9. The van der Waals surface area contributed by atoms with Gasteiger partial charge < -0.3 is 10.1 Å². The van der Waals surface area contributed by atoms with Gasteiger partial charge in [0, 0.05) is 10.7 Å². The molecule has 0 radical (unpaired) electrons. The van der Waals surface area contributed by atoms with Gasteiger partial charge in [0.1, 0.15) is 6.29 Å². The van der Waals surface area contributed by atoms with Crippen LogP contribution in [0, 0.1) is 0 Å². The van der Waals surface area contributed by atoms with Crippen LogP contribution in [0.4, 0.5) is 5.69 Å². The summed E-state index contributed by atoms with van der Waals surface area (Å²) in [6.45, 7) is 0. The van der Waals surface area contributed by atoms with Crippen LogP contribution >= 0.6 is 11.6 Å². The lowest BCUT2D eigenvalue weighted by Gasteiger charge is -2.02. The molecule has 0 aliphatic rings. The minimum absolute atomic E-state index is 0.132. The third-order valence-corrected chi connectivity index (χ3v) is 1.61. The predicted octanol–water partition coefficient (Wildman–Crippen LogP) is 1.87. The van der Waals surface area contributed by atoms with Crippen molar-refractivity contribution >= 4 is 29.5 Å². The Morgan fingerprint density at radius 1 is 1.54 bits per heavy atom. The van der Waals surface area contributed by atoms with Gasteiger partial charge >= 0.3 is 0 Å². The van der Waals surface area contributed by atoms with Gasteiger partial charge in [-0.15, -0.1) is 0 Å². The summed E-state index contributed by atoms with van der Waals surface area (Å²) >= 11 is 5.68. The fourth-order valence-corrected chi connectivity index (χ4v) is 1.04. The first-order valence-electron chi connectivity index (χ1n) is 3.71. The number of hydrogen-bond acceptors (Lipinski definition) is 2. The standard InChI is InChI=1S/C9H8ClNO2/c10-7-2-1-3-8(6-7)11-9(13)4-5-12/h1-3,5-6H,4H2,(H,11,13). The van der Waals surface area contributed by atoms with Crippen molar-refractivity contribution in [1.82, 2.24) is 0 Å². The fourth-order valence-electron chi connectivity index (χ4n) is 0.854. The summed E-state index contributed by atoms with van der Waals surface area (Å²) in [5.74, 6) is -0.336. The van der Waals surface area contributed by atoms with Crippen LogP contribution < -0.4 is 5.32 Å². The van der Waals surface area contributed by atoms with E-state index in [0.717, 1.165) is 0 Å². The molecule has 3 nitrogen and oxygen atoms in total. The monoisotopic (exact) mass is 197 g/mol. The molecule has 1 N–H and O–H groups in total. The number of anilines is 1. The van der Waals surface area contributed by atoms with Crippen molar-refractivity contribution in [3.8, 4) is 0 Å². The Morgan fingerprint density at radius 3 is 2.92 bits per heavy atom. The highest BCUT2D eigenvalue weighted by atomic mass is 35.5. The molecule has 13 heavy (non-hydrogen) atoms. The molecule has 0 unspecified atom stereocenters. The lowest BCUT2D eigenvalue weighted by Crippen LogP contribution is -2.11. The number of aldehydes is 1. The van der Waals surface area contributed by atoms with Crippen molar-refractivity contribution in [2.75, 3.05) is 5.32 Å². The molecule has 4 heteroatoms. The number of carbonyl (C=O) groups excluding carboxylic acids is 2. The molecule has 0 aliphatic heterocycles. The highest BCUT2D eigenvalue weighted by molar-refractivity contribution is 6.30. The molecule has 1 rings (SSSR count). The molecule has 1 aromatic rings. The molecular formula is C9H8ClNO2. The Kier molecular flexibility index (Phi) is 3.46. The van der Waals surface area contributed by atoms with Crippen LogP contribution in [-0.2, 0) is 9.59 Å². The van der Waals surface area contributed by atoms with E-state index in [-0.39, 0.29) is 12.3 Å². The molecule has 0 saturated heterocycles. The number of benzene rings is 1. The topological polar surface area (TPSA) is 46.2 Å². The van der Waals surface area contributed by atoms with E-state index < -0.39 is 0 Å². The van der Waals surface area contributed by atoms with Crippen LogP contribution in [0.1, 0.15) is 6.42 Å². The molecule has 0 atom stereocenters. The number of nitrogens with one attached hydrogen (secondary N) is 1. The second kappa shape index (κ2) is 4.62. The van der Waals surface area contributed by atoms with Gasteiger partial charge in [0.15, 0.2) is 0 Å². The second-order valence-corrected chi connectivity index (χ2v) is 2.87. The Morgan fingerprint density at radius 2 is 2.31 bits per heavy atom. The van der Waals surface area contributed by atoms with Crippen LogP contribution in [0.5, 0.6) is 0 Å². The van der Waals surface area contributed by atoms with Crippen molar-refractivity contribution in [2.24, 2.45) is 0 Å². The molecule has 1 amide bonds. The van der Waals surface area contributed by atoms with Gasteiger partial charge in [-0.05, 0) is 18.2 Å². The SMILES string of the molecule is O=CCC(=O)Nc1cccc(Cl)c1. The van der Waals surface area contributed by atoms with Crippen molar-refractivity contribution in [2.45, 2.75) is 6.42 Å². The lowest BCUT2D eigenvalue weighted by atomic mass is 10.3. The average Bonchev–Trinajstić information content (AvgIpc) is 2.04. The van der Waals surface area contributed by atoms with Gasteiger partial charge in [-0.1, -0.05) is 17.7 Å². The first-order chi connectivity index (χ1) is 6.22. The Balaban J connectivity index is 2.63. The summed E-state index contributed by atoms with van der Waals surface area (Å²) in [6, 6.07) is 6.74. The summed E-state index contributed by atoms with van der Waals surface area (Å²) in [6.07, 6.45) is 0.423. The molecule has 0 spiro atoms. The van der Waals surface area contributed by atoms with Gasteiger partial charge in [-0.2, -0.15) is 0 Å². The van der Waals surface area contributed by atoms with Gasteiger partial charge in [-0.25, -0.2) is 0 Å². The zero-order valence-corrected chi connectivity index (χ0v) is 7.54. The van der Waals surface area contributed by atoms with Crippen LogP contribution in [0.15, 0.2) is 24.3 Å². The van der Waals surface area contributed by atoms with Crippen molar-refractivity contribution in [3.63, 3.8) is 0 Å². The minimum Gasteiger partial charge on any atom is -0.326 e. The molecule has 1 aromatic carbocycles. The molecule has 0 saturated carbocycles. The number of halogens is 1. The molecule has 68 valence electrons. The van der Waals surface area contributed by atoms with E-state index in [1.807, 2.05) is 0 Å². The largest absolute Gasteiger partial charge is 0.326 e. The van der Waals surface area contributed by atoms with E-state index in [0.29, 0.717) is 17.0 Å². The zero-order valence-electron chi connectivity index (χ0n) is 6.79. The van der Waals surface area contributed by atoms with Crippen LogP contribution in [0.3, 0.4) is 0 Å². The summed E-state index contributed by atoms with van der Waals surface area (Å²) in [5.41, 5.74) is 0.597. The third kappa shape index (κ3) is 3.25. The van der Waals surface area contributed by atoms with Gasteiger partial charge in [0.2, 0.25) is 5.91 Å². The number of rotatable bonds is 3. The Labute approximate surface area is 80.7 Å². The number of amides is 1. The fraction of sp³-hybridized carbons (Fsp3) is 0.111. The van der Waals surface area contributed by atoms with E-state index in [1.165, 1.54) is 0 Å². The molecule has 0 bridgehead atoms. The first kappa shape index (κ1) is 9.74. The molecule has 0 aromatic heterocycles. The predicted molar refractivity (Wildman–Crippen MR) is 50.8 cm³/mol. The summed E-state index contributed by atoms with van der Waals surface area (Å²) in [5, 5.41) is 3.07. The number of hydrogen-bond donors (Lipinski definition) is 1. The normalized spacial score (nSPS) is 9.31. The molecular weight excluding hydrogens is 190 g/mol. The highest BCUT2D eigenvalue weighted by Gasteiger charge is 2.00. The highest BCUT2D eigenvalue weighted by Crippen LogP contribution is 2.14. The Bertz CT molecular complexity index is 325. The summed E-state index contributed by atoms with van der Waals surface area (Å²) < 4.78 is 0. The van der Waals surface area contributed by atoms with E-state index in [9.17, 15) is 9.59 Å². The first-order valence-corrected chi connectivity index (χ1v) is 4.09. The van der Waals surface area contributed by atoms with Crippen LogP contribution in [-0.4, -0.2) is 12.2 Å².